The van der Waals surface area contributed by atoms with Gasteiger partial charge in [-0.3, -0.25) is 4.79 Å². The third kappa shape index (κ3) is 1.99. The number of halogens is 1. The van der Waals surface area contributed by atoms with Crippen LogP contribution in [-0.2, 0) is 14.8 Å². The van der Waals surface area contributed by atoms with E-state index in [1.54, 1.807) is 6.92 Å². The molecule has 0 aliphatic carbocycles. The highest BCUT2D eigenvalue weighted by molar-refractivity contribution is 7.89. The molecule has 1 fully saturated rings. The SMILES string of the molecule is C[C@@H]1C[C@@H](C(=O)O)N1S(=O)(=O)c1ccc(F)cc1. The highest BCUT2D eigenvalue weighted by Crippen LogP contribution is 2.32. The molecule has 1 aliphatic rings. The minimum Gasteiger partial charge on any atom is -0.480 e. The molecule has 0 saturated carbocycles. The van der Waals surface area contributed by atoms with Crippen LogP contribution in [0.1, 0.15) is 13.3 Å². The molecule has 1 aromatic rings. The van der Waals surface area contributed by atoms with Crippen LogP contribution in [-0.4, -0.2) is 35.9 Å². The first kappa shape index (κ1) is 13.0. The van der Waals surface area contributed by atoms with Gasteiger partial charge < -0.3 is 5.11 Å². The Labute approximate surface area is 104 Å². The third-order valence-corrected chi connectivity index (χ3v) is 5.02. The average Bonchev–Trinajstić information content (AvgIpc) is 2.25. The van der Waals surface area contributed by atoms with E-state index in [0.29, 0.717) is 0 Å². The number of hydrogen-bond acceptors (Lipinski definition) is 3. The number of benzene rings is 1. The zero-order valence-electron chi connectivity index (χ0n) is 9.58. The number of rotatable bonds is 3. The molecule has 98 valence electrons. The van der Waals surface area contributed by atoms with Crippen molar-refractivity contribution in [1.29, 1.82) is 0 Å². The molecule has 0 unspecified atom stereocenters. The molecular weight excluding hydrogens is 261 g/mol. The van der Waals surface area contributed by atoms with Gasteiger partial charge in [0.25, 0.3) is 0 Å². The van der Waals surface area contributed by atoms with Crippen LogP contribution in [0.15, 0.2) is 29.2 Å². The van der Waals surface area contributed by atoms with Crippen LogP contribution in [0.5, 0.6) is 0 Å². The standard InChI is InChI=1S/C11H12FNO4S/c1-7-6-10(11(14)15)13(7)18(16,17)9-4-2-8(12)3-5-9/h2-5,7,10H,6H2,1H3,(H,14,15)/t7-,10+/m1/s1. The third-order valence-electron chi connectivity index (χ3n) is 2.98. The molecule has 7 heteroatoms. The van der Waals surface area contributed by atoms with E-state index >= 15 is 0 Å². The van der Waals surface area contributed by atoms with Crippen LogP contribution in [0.2, 0.25) is 0 Å². The van der Waals surface area contributed by atoms with Crippen LogP contribution >= 0.6 is 0 Å². The Morgan fingerprint density at radius 1 is 1.39 bits per heavy atom. The molecule has 0 amide bonds. The monoisotopic (exact) mass is 273 g/mol. The van der Waals surface area contributed by atoms with Gasteiger partial charge in [-0.05, 0) is 37.6 Å². The van der Waals surface area contributed by atoms with Gasteiger partial charge in [0.15, 0.2) is 0 Å². The topological polar surface area (TPSA) is 74.7 Å². The first-order chi connectivity index (χ1) is 8.34. The van der Waals surface area contributed by atoms with Gasteiger partial charge in [0.1, 0.15) is 11.9 Å². The molecule has 5 nitrogen and oxygen atoms in total. The predicted molar refractivity (Wildman–Crippen MR) is 60.9 cm³/mol. The number of aliphatic carboxylic acids is 1. The summed E-state index contributed by atoms with van der Waals surface area (Å²) in [6.45, 7) is 1.64. The Balaban J connectivity index is 2.36. The number of carbonyl (C=O) groups is 1. The molecule has 1 aliphatic heterocycles. The van der Waals surface area contributed by atoms with Crippen molar-refractivity contribution in [2.45, 2.75) is 30.3 Å². The molecule has 2 rings (SSSR count). The number of hydrogen-bond donors (Lipinski definition) is 1. The molecule has 18 heavy (non-hydrogen) atoms. The Morgan fingerprint density at radius 3 is 2.39 bits per heavy atom. The summed E-state index contributed by atoms with van der Waals surface area (Å²) in [6, 6.07) is 2.94. The molecular formula is C11H12FNO4S. The number of carboxylic acid groups (broad SMARTS) is 1. The summed E-state index contributed by atoms with van der Waals surface area (Å²) in [6.07, 6.45) is 0.287. The molecule has 1 aromatic carbocycles. The normalized spacial score (nSPS) is 24.6. The van der Waals surface area contributed by atoms with Crippen LogP contribution in [0.25, 0.3) is 0 Å². The molecule has 1 N–H and O–H groups in total. The highest BCUT2D eigenvalue weighted by atomic mass is 32.2. The van der Waals surface area contributed by atoms with E-state index in [1.165, 1.54) is 0 Å². The summed E-state index contributed by atoms with van der Waals surface area (Å²) < 4.78 is 38.1. The lowest BCUT2D eigenvalue weighted by Gasteiger charge is -2.42. The second kappa shape index (κ2) is 4.33. The summed E-state index contributed by atoms with van der Waals surface area (Å²) in [5, 5.41) is 8.91. The van der Waals surface area contributed by atoms with Crippen LogP contribution in [0.4, 0.5) is 4.39 Å². The Bertz CT molecular complexity index is 569. The minimum atomic E-state index is -3.88. The van der Waals surface area contributed by atoms with Gasteiger partial charge in [0, 0.05) is 6.04 Å². The lowest BCUT2D eigenvalue weighted by Crippen LogP contribution is -2.60. The molecule has 1 saturated heterocycles. The number of nitrogens with zero attached hydrogens (tertiary/aromatic N) is 1. The number of sulfonamides is 1. The van der Waals surface area contributed by atoms with Crippen LogP contribution < -0.4 is 0 Å². The van der Waals surface area contributed by atoms with E-state index < -0.39 is 27.9 Å². The van der Waals surface area contributed by atoms with E-state index in [0.717, 1.165) is 28.6 Å². The van der Waals surface area contributed by atoms with E-state index in [-0.39, 0.29) is 17.4 Å². The van der Waals surface area contributed by atoms with Gasteiger partial charge in [-0.25, -0.2) is 12.8 Å². The van der Waals surface area contributed by atoms with Gasteiger partial charge in [-0.15, -0.1) is 0 Å². The van der Waals surface area contributed by atoms with Gasteiger partial charge in [-0.2, -0.15) is 4.31 Å². The van der Waals surface area contributed by atoms with Crippen LogP contribution in [0.3, 0.4) is 0 Å². The summed E-state index contributed by atoms with van der Waals surface area (Å²) in [7, 11) is -3.88. The fourth-order valence-corrected chi connectivity index (χ4v) is 3.84. The molecule has 0 spiro atoms. The zero-order chi connectivity index (χ0) is 13.5. The van der Waals surface area contributed by atoms with Gasteiger partial charge in [0.2, 0.25) is 10.0 Å². The van der Waals surface area contributed by atoms with Crippen molar-refractivity contribution in [3.63, 3.8) is 0 Å². The Morgan fingerprint density at radius 2 is 1.94 bits per heavy atom. The highest BCUT2D eigenvalue weighted by Gasteiger charge is 2.48. The largest absolute Gasteiger partial charge is 0.480 e. The smallest absolute Gasteiger partial charge is 0.322 e. The van der Waals surface area contributed by atoms with Crippen molar-refractivity contribution in [3.05, 3.63) is 30.1 Å². The minimum absolute atomic E-state index is 0.0956. The Hall–Kier alpha value is -1.47. The van der Waals surface area contributed by atoms with Crippen molar-refractivity contribution < 1.29 is 22.7 Å². The van der Waals surface area contributed by atoms with E-state index in [2.05, 4.69) is 0 Å². The maximum Gasteiger partial charge on any atom is 0.322 e. The second-order valence-electron chi connectivity index (χ2n) is 4.23. The molecule has 0 aromatic heterocycles. The van der Waals surface area contributed by atoms with Crippen molar-refractivity contribution in [3.8, 4) is 0 Å². The first-order valence-corrected chi connectivity index (χ1v) is 6.80. The van der Waals surface area contributed by atoms with Crippen molar-refractivity contribution in [2.75, 3.05) is 0 Å². The quantitative estimate of drug-likeness (QED) is 0.893. The van der Waals surface area contributed by atoms with Gasteiger partial charge in [0.05, 0.1) is 4.90 Å². The van der Waals surface area contributed by atoms with E-state index in [9.17, 15) is 17.6 Å². The van der Waals surface area contributed by atoms with Gasteiger partial charge in [-0.1, -0.05) is 0 Å². The van der Waals surface area contributed by atoms with Crippen molar-refractivity contribution in [1.82, 2.24) is 4.31 Å². The fraction of sp³-hybridized carbons (Fsp3) is 0.364. The molecule has 0 radical (unpaired) electrons. The van der Waals surface area contributed by atoms with Crippen molar-refractivity contribution in [2.24, 2.45) is 0 Å². The lowest BCUT2D eigenvalue weighted by molar-refractivity contribution is -0.146. The van der Waals surface area contributed by atoms with E-state index in [1.807, 2.05) is 0 Å². The summed E-state index contributed by atoms with van der Waals surface area (Å²) in [5.41, 5.74) is 0. The summed E-state index contributed by atoms with van der Waals surface area (Å²) in [4.78, 5) is 10.8. The maximum atomic E-state index is 12.8. The summed E-state index contributed by atoms with van der Waals surface area (Å²) in [5.74, 6) is -1.71. The Kier molecular flexibility index (Phi) is 3.12. The van der Waals surface area contributed by atoms with E-state index in [4.69, 9.17) is 5.11 Å². The maximum absolute atomic E-state index is 12.8. The zero-order valence-corrected chi connectivity index (χ0v) is 10.4. The first-order valence-electron chi connectivity index (χ1n) is 5.36. The molecule has 0 bridgehead atoms. The predicted octanol–water partition coefficient (Wildman–Crippen LogP) is 1.06. The molecule has 2 atom stereocenters. The molecule has 1 heterocycles. The van der Waals surface area contributed by atoms with Crippen LogP contribution in [0, 0.1) is 5.82 Å². The average molecular weight is 273 g/mol. The summed E-state index contributed by atoms with van der Waals surface area (Å²) >= 11 is 0. The fourth-order valence-electron chi connectivity index (χ4n) is 2.04. The number of carboxylic acids is 1. The van der Waals surface area contributed by atoms with Gasteiger partial charge >= 0.3 is 5.97 Å². The second-order valence-corrected chi connectivity index (χ2v) is 6.07. The van der Waals surface area contributed by atoms with Crippen molar-refractivity contribution >= 4 is 16.0 Å². The lowest BCUT2D eigenvalue weighted by atomic mass is 9.99.